The molecule has 20 heavy (non-hydrogen) atoms. The summed E-state index contributed by atoms with van der Waals surface area (Å²) in [6.07, 6.45) is 0. The number of fused-ring (bicyclic) bond motifs is 1. The van der Waals surface area contributed by atoms with Crippen molar-refractivity contribution >= 4 is 34.2 Å². The van der Waals surface area contributed by atoms with Crippen molar-refractivity contribution in [2.45, 2.75) is 6.92 Å². The molecule has 0 aliphatic heterocycles. The van der Waals surface area contributed by atoms with Crippen molar-refractivity contribution < 1.29 is 4.39 Å². The molecule has 0 amide bonds. The van der Waals surface area contributed by atoms with Crippen LogP contribution < -0.4 is 0 Å². The summed E-state index contributed by atoms with van der Waals surface area (Å²) in [6.45, 7) is 1.85. The first-order valence-electron chi connectivity index (χ1n) is 5.81. The van der Waals surface area contributed by atoms with E-state index in [1.165, 1.54) is 6.07 Å². The van der Waals surface area contributed by atoms with E-state index in [0.29, 0.717) is 27.3 Å². The number of rotatable bonds is 1. The minimum Gasteiger partial charge on any atom is -0.233 e. The van der Waals surface area contributed by atoms with Gasteiger partial charge in [0.25, 0.3) is 0 Å². The highest BCUT2D eigenvalue weighted by Crippen LogP contribution is 2.30. The third-order valence-corrected chi connectivity index (χ3v) is 3.26. The van der Waals surface area contributed by atoms with Crippen LogP contribution in [-0.2, 0) is 0 Å². The summed E-state index contributed by atoms with van der Waals surface area (Å²) < 4.78 is 14.1. The van der Waals surface area contributed by atoms with E-state index in [1.54, 1.807) is 18.2 Å². The summed E-state index contributed by atoms with van der Waals surface area (Å²) in [6, 6.07) is 8.02. The number of halogens is 3. The molecule has 0 atom stereocenters. The maximum atomic E-state index is 14.1. The molecule has 2 aromatic heterocycles. The topological polar surface area (TPSA) is 38.7 Å². The fraction of sp³-hybridized carbons (Fsp3) is 0.0714. The molecule has 3 aromatic rings. The second-order valence-corrected chi connectivity index (χ2v) is 5.06. The van der Waals surface area contributed by atoms with E-state index in [2.05, 4.69) is 15.0 Å². The lowest BCUT2D eigenvalue weighted by Gasteiger charge is -2.07. The van der Waals surface area contributed by atoms with Crippen molar-refractivity contribution in [3.63, 3.8) is 0 Å². The van der Waals surface area contributed by atoms with Crippen LogP contribution in [0, 0.1) is 12.7 Å². The summed E-state index contributed by atoms with van der Waals surface area (Å²) >= 11 is 11.7. The number of benzene rings is 1. The molecule has 0 saturated carbocycles. The Morgan fingerprint density at radius 2 is 1.80 bits per heavy atom. The average Bonchev–Trinajstić information content (AvgIpc) is 2.37. The van der Waals surface area contributed by atoms with Crippen molar-refractivity contribution in [3.8, 4) is 11.3 Å². The molecular formula is C14H8Cl2FN3. The second kappa shape index (κ2) is 4.96. The number of aromatic nitrogens is 3. The number of aryl methyl sites for hydroxylation is 1. The standard InChI is InChI=1S/C14H8Cl2FN3/c1-7-2-4-10-12(19-14(16)20-13(10)18-7)9-5-3-8(15)6-11(9)17/h2-6H,1H3. The minimum atomic E-state index is -0.464. The van der Waals surface area contributed by atoms with Gasteiger partial charge in [0.05, 0.1) is 5.69 Å². The van der Waals surface area contributed by atoms with Crippen LogP contribution in [0.5, 0.6) is 0 Å². The number of hydrogen-bond donors (Lipinski definition) is 0. The predicted octanol–water partition coefficient (Wildman–Crippen LogP) is 4.45. The maximum absolute atomic E-state index is 14.1. The van der Waals surface area contributed by atoms with Gasteiger partial charge in [-0.15, -0.1) is 0 Å². The molecule has 0 radical (unpaired) electrons. The zero-order valence-corrected chi connectivity index (χ0v) is 11.9. The summed E-state index contributed by atoms with van der Waals surface area (Å²) in [7, 11) is 0. The number of hydrogen-bond acceptors (Lipinski definition) is 3. The van der Waals surface area contributed by atoms with Gasteiger partial charge in [-0.2, -0.15) is 4.98 Å². The molecule has 3 nitrogen and oxygen atoms in total. The van der Waals surface area contributed by atoms with Gasteiger partial charge in [-0.3, -0.25) is 0 Å². The Labute approximate surface area is 124 Å². The van der Waals surface area contributed by atoms with Gasteiger partial charge in [0.1, 0.15) is 5.82 Å². The third-order valence-electron chi connectivity index (χ3n) is 2.86. The van der Waals surface area contributed by atoms with Gasteiger partial charge >= 0.3 is 0 Å². The van der Waals surface area contributed by atoms with E-state index in [-0.39, 0.29) is 5.28 Å². The first kappa shape index (κ1) is 13.2. The van der Waals surface area contributed by atoms with Crippen molar-refractivity contribution in [3.05, 3.63) is 52.1 Å². The van der Waals surface area contributed by atoms with Crippen LogP contribution in [0.2, 0.25) is 10.3 Å². The van der Waals surface area contributed by atoms with Gasteiger partial charge in [0.15, 0.2) is 5.65 Å². The molecule has 0 spiro atoms. The Bertz CT molecular complexity index is 816. The van der Waals surface area contributed by atoms with Crippen molar-refractivity contribution in [1.29, 1.82) is 0 Å². The van der Waals surface area contributed by atoms with E-state index in [0.717, 1.165) is 5.69 Å². The Kier molecular flexibility index (Phi) is 3.28. The predicted molar refractivity (Wildman–Crippen MR) is 77.5 cm³/mol. The highest BCUT2D eigenvalue weighted by atomic mass is 35.5. The number of nitrogens with zero attached hydrogens (tertiary/aromatic N) is 3. The first-order valence-corrected chi connectivity index (χ1v) is 6.56. The van der Waals surface area contributed by atoms with E-state index in [4.69, 9.17) is 23.2 Å². The molecule has 0 unspecified atom stereocenters. The summed E-state index contributed by atoms with van der Waals surface area (Å²) in [5.41, 5.74) is 1.96. The Morgan fingerprint density at radius 3 is 2.55 bits per heavy atom. The monoisotopic (exact) mass is 307 g/mol. The Balaban J connectivity index is 2.35. The fourth-order valence-electron chi connectivity index (χ4n) is 1.96. The Morgan fingerprint density at radius 1 is 1.00 bits per heavy atom. The zero-order valence-electron chi connectivity index (χ0n) is 10.4. The van der Waals surface area contributed by atoms with Crippen molar-refractivity contribution in [1.82, 2.24) is 15.0 Å². The molecule has 0 aliphatic carbocycles. The van der Waals surface area contributed by atoms with E-state index < -0.39 is 5.82 Å². The van der Waals surface area contributed by atoms with Crippen LogP contribution in [-0.4, -0.2) is 15.0 Å². The van der Waals surface area contributed by atoms with Crippen LogP contribution in [0.15, 0.2) is 30.3 Å². The summed E-state index contributed by atoms with van der Waals surface area (Å²) in [4.78, 5) is 12.5. The van der Waals surface area contributed by atoms with E-state index in [1.807, 2.05) is 13.0 Å². The molecule has 1 aromatic carbocycles. The molecule has 0 N–H and O–H groups in total. The third kappa shape index (κ3) is 2.32. The molecule has 2 heterocycles. The molecule has 100 valence electrons. The highest BCUT2D eigenvalue weighted by Gasteiger charge is 2.14. The van der Waals surface area contributed by atoms with Gasteiger partial charge in [0, 0.05) is 21.7 Å². The lowest BCUT2D eigenvalue weighted by molar-refractivity contribution is 0.631. The minimum absolute atomic E-state index is 0.0277. The largest absolute Gasteiger partial charge is 0.233 e. The van der Waals surface area contributed by atoms with Gasteiger partial charge in [0.2, 0.25) is 5.28 Å². The number of pyridine rings is 1. The van der Waals surface area contributed by atoms with Crippen LogP contribution in [0.25, 0.3) is 22.3 Å². The molecule has 0 fully saturated rings. The normalized spacial score (nSPS) is 11.0. The lowest BCUT2D eigenvalue weighted by Crippen LogP contribution is -1.96. The molecule has 3 rings (SSSR count). The molecule has 6 heteroatoms. The smallest absolute Gasteiger partial charge is 0.225 e. The summed E-state index contributed by atoms with van der Waals surface area (Å²) in [5, 5.41) is 0.992. The second-order valence-electron chi connectivity index (χ2n) is 4.29. The zero-order chi connectivity index (χ0) is 14.3. The van der Waals surface area contributed by atoms with Crippen LogP contribution in [0.1, 0.15) is 5.69 Å². The fourth-order valence-corrected chi connectivity index (χ4v) is 2.29. The molecular weight excluding hydrogens is 300 g/mol. The van der Waals surface area contributed by atoms with E-state index >= 15 is 0 Å². The first-order chi connectivity index (χ1) is 9.54. The highest BCUT2D eigenvalue weighted by molar-refractivity contribution is 6.30. The summed E-state index contributed by atoms with van der Waals surface area (Å²) in [5.74, 6) is -0.464. The van der Waals surface area contributed by atoms with E-state index in [9.17, 15) is 4.39 Å². The molecule has 0 aliphatic rings. The van der Waals surface area contributed by atoms with Crippen LogP contribution in [0.3, 0.4) is 0 Å². The van der Waals surface area contributed by atoms with Crippen LogP contribution in [0.4, 0.5) is 4.39 Å². The average molecular weight is 308 g/mol. The molecule has 0 bridgehead atoms. The van der Waals surface area contributed by atoms with Crippen molar-refractivity contribution in [2.24, 2.45) is 0 Å². The quantitative estimate of drug-likeness (QED) is 0.624. The molecule has 0 saturated heterocycles. The SMILES string of the molecule is Cc1ccc2c(-c3ccc(Cl)cc3F)nc(Cl)nc2n1. The Hall–Kier alpha value is -1.78. The van der Waals surface area contributed by atoms with Gasteiger partial charge in [-0.1, -0.05) is 11.6 Å². The maximum Gasteiger partial charge on any atom is 0.225 e. The van der Waals surface area contributed by atoms with Gasteiger partial charge in [-0.05, 0) is 48.9 Å². The lowest BCUT2D eigenvalue weighted by atomic mass is 10.1. The van der Waals surface area contributed by atoms with Gasteiger partial charge < -0.3 is 0 Å². The van der Waals surface area contributed by atoms with Gasteiger partial charge in [-0.25, -0.2) is 14.4 Å². The van der Waals surface area contributed by atoms with Crippen LogP contribution >= 0.6 is 23.2 Å². The van der Waals surface area contributed by atoms with Crippen molar-refractivity contribution in [2.75, 3.05) is 0 Å².